The summed E-state index contributed by atoms with van der Waals surface area (Å²) in [5, 5.41) is 13.9. The Morgan fingerprint density at radius 3 is 1.13 bits per heavy atom. The Morgan fingerprint density at radius 2 is 0.647 bits per heavy atom. The van der Waals surface area contributed by atoms with Gasteiger partial charge in [0, 0.05) is 65.6 Å². The van der Waals surface area contributed by atoms with Gasteiger partial charge in [0.15, 0.2) is 11.2 Å². The van der Waals surface area contributed by atoms with Crippen LogP contribution in [0.5, 0.6) is 0 Å². The second kappa shape index (κ2) is 18.6. The van der Waals surface area contributed by atoms with E-state index in [0.717, 1.165) is 122 Å². The van der Waals surface area contributed by atoms with Crippen molar-refractivity contribution < 1.29 is 8.83 Å². The third kappa shape index (κ3) is 7.30. The Bertz CT molecular complexity index is 5350. The van der Waals surface area contributed by atoms with Crippen molar-refractivity contribution in [3.63, 3.8) is 0 Å². The summed E-state index contributed by atoms with van der Waals surface area (Å²) in [5.41, 5.74) is 20.0. The molecule has 0 radical (unpaired) electrons. The molecular weight excluding hydrogens is 1030 g/mol. The maximum Gasteiger partial charge on any atom is 0.159 e. The smallest absolute Gasteiger partial charge is 0.159 e. The van der Waals surface area contributed by atoms with Crippen LogP contribution in [-0.2, 0) is 0 Å². The normalized spacial score (nSPS) is 12.0. The molecule has 18 aromatic rings. The van der Waals surface area contributed by atoms with Crippen LogP contribution in [0, 0.1) is 0 Å². The van der Waals surface area contributed by atoms with Gasteiger partial charge in [-0.3, -0.25) is 0 Å². The third-order valence-corrected chi connectivity index (χ3v) is 17.6. The molecule has 0 aliphatic rings. The summed E-state index contributed by atoms with van der Waals surface area (Å²) in [6.45, 7) is 0. The third-order valence-electron chi connectivity index (χ3n) is 17.6. The molecule has 5 nitrogen and oxygen atoms in total. The van der Waals surface area contributed by atoms with Crippen molar-refractivity contribution in [2.45, 2.75) is 0 Å². The molecule has 0 unspecified atom stereocenters. The van der Waals surface area contributed by atoms with Gasteiger partial charge in [-0.25, -0.2) is 0 Å². The Labute approximate surface area is 488 Å². The van der Waals surface area contributed by atoms with Crippen molar-refractivity contribution in [3.8, 4) is 33.4 Å². The lowest BCUT2D eigenvalue weighted by Gasteiger charge is -2.28. The minimum atomic E-state index is 0.844. The molecule has 85 heavy (non-hydrogen) atoms. The summed E-state index contributed by atoms with van der Waals surface area (Å²) in [6, 6.07) is 108. The number of anilines is 6. The topological polar surface area (TPSA) is 37.2 Å². The van der Waals surface area contributed by atoms with Crippen LogP contribution in [0.3, 0.4) is 0 Å². The number of hydrogen-bond donors (Lipinski definition) is 0. The second-order valence-electron chi connectivity index (χ2n) is 22.4. The summed E-state index contributed by atoms with van der Waals surface area (Å²) in [7, 11) is 0. The molecule has 0 atom stereocenters. The van der Waals surface area contributed by atoms with Crippen molar-refractivity contribution in [3.05, 3.63) is 297 Å². The van der Waals surface area contributed by atoms with Crippen LogP contribution in [0.15, 0.2) is 306 Å². The van der Waals surface area contributed by atoms with Crippen molar-refractivity contribution >= 4 is 138 Å². The SMILES string of the molecule is c1ccc(-c2cc3c4cc5ccc(N(c6ccccc6-c6ccccc6)c6cccc7c6oc6ccccc67)cc5cc4n4c5cc6cc(N(c7ccccc7-c7ccccc7)c7cccc8c7oc7ccccc78)ccc6cc5c(c2)c34)cc1. The highest BCUT2D eigenvalue weighted by Crippen LogP contribution is 2.50. The fourth-order valence-corrected chi connectivity index (χ4v) is 13.8. The van der Waals surface area contributed by atoms with E-state index in [1.807, 2.05) is 12.1 Å². The molecular formula is C80H49N3O2. The summed E-state index contributed by atoms with van der Waals surface area (Å²) < 4.78 is 16.2. The van der Waals surface area contributed by atoms with Gasteiger partial charge >= 0.3 is 0 Å². The van der Waals surface area contributed by atoms with E-state index >= 15 is 0 Å². The molecule has 0 aliphatic carbocycles. The summed E-state index contributed by atoms with van der Waals surface area (Å²) >= 11 is 0. The number of para-hydroxylation sites is 6. The lowest BCUT2D eigenvalue weighted by molar-refractivity contribution is 0.668. The monoisotopic (exact) mass is 1080 g/mol. The molecule has 4 aromatic heterocycles. The van der Waals surface area contributed by atoms with E-state index < -0.39 is 0 Å². The van der Waals surface area contributed by atoms with Gasteiger partial charge in [-0.15, -0.1) is 0 Å². The van der Waals surface area contributed by atoms with Crippen molar-refractivity contribution in [1.82, 2.24) is 4.40 Å². The first-order valence-corrected chi connectivity index (χ1v) is 29.0. The molecule has 0 spiro atoms. The van der Waals surface area contributed by atoms with E-state index in [0.29, 0.717) is 0 Å². The number of benzene rings is 14. The molecule has 0 amide bonds. The molecule has 396 valence electrons. The highest BCUT2D eigenvalue weighted by molar-refractivity contribution is 6.27. The Kier molecular flexibility index (Phi) is 10.3. The Balaban J connectivity index is 0.880. The minimum absolute atomic E-state index is 0.844. The van der Waals surface area contributed by atoms with E-state index in [-0.39, 0.29) is 0 Å². The van der Waals surface area contributed by atoms with E-state index in [1.54, 1.807) is 0 Å². The standard InChI is InChI=1S/C80H49N3O2/c1-4-20-50(21-5-1)57-46-68-66-44-53-38-40-58(81(70-32-14-10-26-60(70)51-22-6-2-7-23-51)72-34-18-30-64-62-28-12-16-36-76(62)84-79(64)72)42-55(53)48-74(66)83-75-49-56-43-59(41-39-54(56)45-67(75)69(47-57)78(68)83)82(71-33-15-11-27-61(71)52-24-8-3-9-25-52)73-35-19-31-65-63-29-13-17-37-77(63)85-80(65)73/h1-49H. The van der Waals surface area contributed by atoms with Gasteiger partial charge in [0.1, 0.15) is 11.2 Å². The Hall–Kier alpha value is -11.4. The van der Waals surface area contributed by atoms with E-state index in [2.05, 4.69) is 299 Å². The lowest BCUT2D eigenvalue weighted by Crippen LogP contribution is -2.11. The van der Waals surface area contributed by atoms with Gasteiger partial charge in [0.2, 0.25) is 0 Å². The summed E-state index contributed by atoms with van der Waals surface area (Å²) in [5.74, 6) is 0. The van der Waals surface area contributed by atoms with Crippen LogP contribution in [0.2, 0.25) is 0 Å². The van der Waals surface area contributed by atoms with E-state index in [4.69, 9.17) is 8.83 Å². The molecule has 0 N–H and O–H groups in total. The molecule has 0 fully saturated rings. The zero-order chi connectivity index (χ0) is 55.7. The average molecular weight is 1080 g/mol. The lowest BCUT2D eigenvalue weighted by atomic mass is 9.97. The van der Waals surface area contributed by atoms with Crippen LogP contribution in [0.1, 0.15) is 0 Å². The number of nitrogens with zero attached hydrogens (tertiary/aromatic N) is 3. The van der Waals surface area contributed by atoms with Gasteiger partial charge in [-0.1, -0.05) is 200 Å². The Morgan fingerprint density at radius 1 is 0.247 bits per heavy atom. The number of fused-ring (bicyclic) bond motifs is 14. The first-order chi connectivity index (χ1) is 42.1. The second-order valence-corrected chi connectivity index (χ2v) is 22.4. The van der Waals surface area contributed by atoms with Gasteiger partial charge in [0.05, 0.1) is 39.3 Å². The maximum absolute atomic E-state index is 6.84. The van der Waals surface area contributed by atoms with Crippen LogP contribution >= 0.6 is 0 Å². The maximum atomic E-state index is 6.84. The van der Waals surface area contributed by atoms with Crippen molar-refractivity contribution in [2.24, 2.45) is 0 Å². The van der Waals surface area contributed by atoms with Gasteiger partial charge in [0.25, 0.3) is 0 Å². The molecule has 5 heteroatoms. The number of rotatable bonds is 9. The quantitative estimate of drug-likeness (QED) is 0.144. The number of furan rings is 2. The van der Waals surface area contributed by atoms with Gasteiger partial charge in [-0.2, -0.15) is 0 Å². The van der Waals surface area contributed by atoms with Gasteiger partial charge < -0.3 is 23.0 Å². The van der Waals surface area contributed by atoms with Crippen LogP contribution in [-0.4, -0.2) is 4.40 Å². The highest BCUT2D eigenvalue weighted by Gasteiger charge is 2.26. The molecule has 0 saturated carbocycles. The minimum Gasteiger partial charge on any atom is -0.454 e. The molecule has 0 saturated heterocycles. The molecule has 14 aromatic carbocycles. The molecule has 18 rings (SSSR count). The zero-order valence-electron chi connectivity index (χ0n) is 45.9. The first kappa shape index (κ1) is 47.3. The number of hydrogen-bond acceptors (Lipinski definition) is 4. The van der Waals surface area contributed by atoms with Crippen LogP contribution in [0.4, 0.5) is 34.1 Å². The fraction of sp³-hybridized carbons (Fsp3) is 0. The molecule has 0 bridgehead atoms. The summed E-state index contributed by atoms with van der Waals surface area (Å²) in [6.07, 6.45) is 0. The van der Waals surface area contributed by atoms with Crippen molar-refractivity contribution in [1.29, 1.82) is 0 Å². The van der Waals surface area contributed by atoms with Gasteiger partial charge in [-0.05, 0) is 141 Å². The molecule has 4 heterocycles. The molecule has 0 aliphatic heterocycles. The fourth-order valence-electron chi connectivity index (χ4n) is 13.8. The largest absolute Gasteiger partial charge is 0.454 e. The van der Waals surface area contributed by atoms with E-state index in [1.165, 1.54) is 49.0 Å². The zero-order valence-corrected chi connectivity index (χ0v) is 45.9. The van der Waals surface area contributed by atoms with Crippen LogP contribution in [0.25, 0.3) is 137 Å². The van der Waals surface area contributed by atoms with Crippen molar-refractivity contribution in [2.75, 3.05) is 9.80 Å². The number of aromatic nitrogens is 1. The average Bonchev–Trinajstić information content (AvgIpc) is 1.68. The predicted molar refractivity (Wildman–Crippen MR) is 356 cm³/mol. The highest BCUT2D eigenvalue weighted by atomic mass is 16.3. The summed E-state index contributed by atoms with van der Waals surface area (Å²) in [4.78, 5) is 4.79. The first-order valence-electron chi connectivity index (χ1n) is 29.0. The predicted octanol–water partition coefficient (Wildman–Crippen LogP) is 22.9. The van der Waals surface area contributed by atoms with E-state index in [9.17, 15) is 0 Å². The van der Waals surface area contributed by atoms with Crippen LogP contribution < -0.4 is 9.80 Å².